The van der Waals surface area contributed by atoms with Gasteiger partial charge in [-0.05, 0) is 19.4 Å². The third kappa shape index (κ3) is 4.63. The average Bonchev–Trinajstić information content (AvgIpc) is 2.89. The summed E-state index contributed by atoms with van der Waals surface area (Å²) in [5.41, 5.74) is 1.86. The summed E-state index contributed by atoms with van der Waals surface area (Å²) in [6.45, 7) is 4.37. The van der Waals surface area contributed by atoms with Gasteiger partial charge < -0.3 is 10.0 Å². The molecule has 122 valence electrons. The summed E-state index contributed by atoms with van der Waals surface area (Å²) in [6, 6.07) is 9.99. The van der Waals surface area contributed by atoms with E-state index in [4.69, 9.17) is 5.11 Å². The van der Waals surface area contributed by atoms with Crippen LogP contribution in [0.3, 0.4) is 0 Å². The SMILES string of the molecule is CCN(CCC(=O)O)C(=O)c1sc(Cc2ccccc2)nc1C. The molecule has 23 heavy (non-hydrogen) atoms. The standard InChI is InChI=1S/C17H20N2O3S/c1-3-19(10-9-15(20)21)17(22)16-12(2)18-14(23-16)11-13-7-5-4-6-8-13/h4-8H,3,9-11H2,1-2H3,(H,20,21). The van der Waals surface area contributed by atoms with E-state index < -0.39 is 5.97 Å². The zero-order valence-electron chi connectivity index (χ0n) is 13.3. The van der Waals surface area contributed by atoms with Crippen molar-refractivity contribution in [3.63, 3.8) is 0 Å². The lowest BCUT2D eigenvalue weighted by molar-refractivity contribution is -0.137. The molecule has 0 radical (unpaired) electrons. The smallest absolute Gasteiger partial charge is 0.305 e. The summed E-state index contributed by atoms with van der Waals surface area (Å²) in [5.74, 6) is -1.04. The second kappa shape index (κ2) is 7.87. The predicted octanol–water partition coefficient (Wildman–Crippen LogP) is 2.98. The molecule has 2 rings (SSSR count). The van der Waals surface area contributed by atoms with Gasteiger partial charge in [0.1, 0.15) is 4.88 Å². The number of aliphatic carboxylic acids is 1. The Kier molecular flexibility index (Phi) is 5.87. The minimum absolute atomic E-state index is 0.0473. The molecule has 1 aromatic heterocycles. The number of carboxylic acids is 1. The zero-order valence-corrected chi connectivity index (χ0v) is 14.1. The van der Waals surface area contributed by atoms with Crippen molar-refractivity contribution >= 4 is 23.2 Å². The maximum atomic E-state index is 12.6. The van der Waals surface area contributed by atoms with E-state index in [1.807, 2.05) is 44.2 Å². The molecule has 0 unspecified atom stereocenters. The van der Waals surface area contributed by atoms with Crippen LogP contribution in [0.5, 0.6) is 0 Å². The highest BCUT2D eigenvalue weighted by molar-refractivity contribution is 7.13. The first kappa shape index (κ1) is 17.1. The molecular weight excluding hydrogens is 312 g/mol. The molecule has 1 amide bonds. The van der Waals surface area contributed by atoms with Gasteiger partial charge in [-0.1, -0.05) is 30.3 Å². The number of aryl methyl sites for hydroxylation is 1. The van der Waals surface area contributed by atoms with Crippen LogP contribution in [0.4, 0.5) is 0 Å². The van der Waals surface area contributed by atoms with E-state index in [0.29, 0.717) is 23.5 Å². The Labute approximate surface area is 139 Å². The quantitative estimate of drug-likeness (QED) is 0.846. The Morgan fingerprint density at radius 3 is 2.57 bits per heavy atom. The van der Waals surface area contributed by atoms with Gasteiger partial charge in [0.2, 0.25) is 0 Å². The first-order chi connectivity index (χ1) is 11.0. The van der Waals surface area contributed by atoms with Crippen molar-refractivity contribution in [2.24, 2.45) is 0 Å². The van der Waals surface area contributed by atoms with E-state index in [-0.39, 0.29) is 18.9 Å². The molecule has 0 spiro atoms. The number of thiazole rings is 1. The predicted molar refractivity (Wildman–Crippen MR) is 89.9 cm³/mol. The minimum atomic E-state index is -0.901. The maximum absolute atomic E-state index is 12.6. The number of rotatable bonds is 7. The van der Waals surface area contributed by atoms with Crippen molar-refractivity contribution in [2.45, 2.75) is 26.7 Å². The summed E-state index contributed by atoms with van der Waals surface area (Å²) < 4.78 is 0. The van der Waals surface area contributed by atoms with Gasteiger partial charge >= 0.3 is 5.97 Å². The van der Waals surface area contributed by atoms with Gasteiger partial charge in [0.25, 0.3) is 5.91 Å². The number of hydrogen-bond acceptors (Lipinski definition) is 4. The van der Waals surface area contributed by atoms with Crippen LogP contribution in [-0.4, -0.2) is 40.0 Å². The Morgan fingerprint density at radius 2 is 1.96 bits per heavy atom. The minimum Gasteiger partial charge on any atom is -0.481 e. The second-order valence-corrected chi connectivity index (χ2v) is 6.30. The molecule has 1 heterocycles. The van der Waals surface area contributed by atoms with E-state index in [9.17, 15) is 9.59 Å². The van der Waals surface area contributed by atoms with E-state index in [1.165, 1.54) is 11.3 Å². The number of carboxylic acid groups (broad SMARTS) is 1. The molecule has 2 aromatic rings. The molecule has 6 heteroatoms. The van der Waals surface area contributed by atoms with Crippen LogP contribution in [0.1, 0.15) is 39.3 Å². The van der Waals surface area contributed by atoms with E-state index in [2.05, 4.69) is 4.98 Å². The summed E-state index contributed by atoms with van der Waals surface area (Å²) in [4.78, 5) is 29.9. The van der Waals surface area contributed by atoms with E-state index in [0.717, 1.165) is 10.6 Å². The fourth-order valence-electron chi connectivity index (χ4n) is 2.27. The molecule has 0 saturated heterocycles. The molecule has 0 fully saturated rings. The molecule has 0 bridgehead atoms. The van der Waals surface area contributed by atoms with Gasteiger partial charge in [0.05, 0.1) is 17.1 Å². The number of amides is 1. The number of carbonyl (C=O) groups is 2. The Balaban J connectivity index is 2.12. The van der Waals surface area contributed by atoms with Crippen molar-refractivity contribution in [3.05, 3.63) is 51.5 Å². The fraction of sp³-hybridized carbons (Fsp3) is 0.353. The van der Waals surface area contributed by atoms with Crippen LogP contribution in [-0.2, 0) is 11.2 Å². The number of benzene rings is 1. The summed E-state index contributed by atoms with van der Waals surface area (Å²) in [6.07, 6.45) is 0.648. The van der Waals surface area contributed by atoms with Gasteiger partial charge in [-0.15, -0.1) is 11.3 Å². The molecule has 0 saturated carbocycles. The number of nitrogens with zero attached hydrogens (tertiary/aromatic N) is 2. The molecule has 0 aliphatic heterocycles. The average molecular weight is 332 g/mol. The van der Waals surface area contributed by atoms with Gasteiger partial charge in [-0.3, -0.25) is 9.59 Å². The largest absolute Gasteiger partial charge is 0.481 e. The van der Waals surface area contributed by atoms with E-state index in [1.54, 1.807) is 4.90 Å². The summed E-state index contributed by atoms with van der Waals surface area (Å²) in [5, 5.41) is 9.68. The first-order valence-electron chi connectivity index (χ1n) is 7.52. The van der Waals surface area contributed by atoms with Crippen molar-refractivity contribution in [2.75, 3.05) is 13.1 Å². The van der Waals surface area contributed by atoms with Gasteiger partial charge in [0.15, 0.2) is 0 Å². The summed E-state index contributed by atoms with van der Waals surface area (Å²) >= 11 is 1.39. The Hall–Kier alpha value is -2.21. The normalized spacial score (nSPS) is 10.5. The van der Waals surface area contributed by atoms with Crippen LogP contribution in [0.25, 0.3) is 0 Å². The molecule has 5 nitrogen and oxygen atoms in total. The van der Waals surface area contributed by atoms with Crippen LogP contribution >= 0.6 is 11.3 Å². The number of aromatic nitrogens is 1. The maximum Gasteiger partial charge on any atom is 0.305 e. The molecule has 0 aliphatic carbocycles. The van der Waals surface area contributed by atoms with Crippen LogP contribution < -0.4 is 0 Å². The third-order valence-corrected chi connectivity index (χ3v) is 4.64. The van der Waals surface area contributed by atoms with Crippen molar-refractivity contribution in [3.8, 4) is 0 Å². The Bertz CT molecular complexity index is 682. The highest BCUT2D eigenvalue weighted by Gasteiger charge is 2.21. The van der Waals surface area contributed by atoms with Crippen LogP contribution in [0.15, 0.2) is 30.3 Å². The highest BCUT2D eigenvalue weighted by atomic mass is 32.1. The highest BCUT2D eigenvalue weighted by Crippen LogP contribution is 2.22. The van der Waals surface area contributed by atoms with Gasteiger partial charge in [-0.2, -0.15) is 0 Å². The van der Waals surface area contributed by atoms with Gasteiger partial charge in [-0.25, -0.2) is 4.98 Å². The molecule has 1 aromatic carbocycles. The number of hydrogen-bond donors (Lipinski definition) is 1. The monoisotopic (exact) mass is 332 g/mol. The molecule has 0 aliphatic rings. The number of carbonyl (C=O) groups excluding carboxylic acids is 1. The van der Waals surface area contributed by atoms with Crippen molar-refractivity contribution < 1.29 is 14.7 Å². The summed E-state index contributed by atoms with van der Waals surface area (Å²) in [7, 11) is 0. The zero-order chi connectivity index (χ0) is 16.8. The Morgan fingerprint density at radius 1 is 1.26 bits per heavy atom. The lowest BCUT2D eigenvalue weighted by atomic mass is 10.2. The molecule has 0 atom stereocenters. The van der Waals surface area contributed by atoms with Crippen molar-refractivity contribution in [1.82, 2.24) is 9.88 Å². The van der Waals surface area contributed by atoms with Crippen LogP contribution in [0.2, 0.25) is 0 Å². The lowest BCUT2D eigenvalue weighted by Crippen LogP contribution is -2.32. The van der Waals surface area contributed by atoms with E-state index >= 15 is 0 Å². The molecular formula is C17H20N2O3S. The van der Waals surface area contributed by atoms with Crippen LogP contribution in [0, 0.1) is 6.92 Å². The van der Waals surface area contributed by atoms with Crippen molar-refractivity contribution in [1.29, 1.82) is 0 Å². The molecule has 1 N–H and O–H groups in total. The fourth-order valence-corrected chi connectivity index (χ4v) is 3.34. The van der Waals surface area contributed by atoms with Gasteiger partial charge in [0, 0.05) is 19.5 Å². The lowest BCUT2D eigenvalue weighted by Gasteiger charge is -2.19. The first-order valence-corrected chi connectivity index (χ1v) is 8.34. The topological polar surface area (TPSA) is 70.5 Å². The third-order valence-electron chi connectivity index (χ3n) is 3.50. The second-order valence-electron chi connectivity index (χ2n) is 5.21.